The van der Waals surface area contributed by atoms with Gasteiger partial charge >= 0.3 is 0 Å². The molecule has 120 valence electrons. The highest BCUT2D eigenvalue weighted by Gasteiger charge is 2.13. The minimum atomic E-state index is -0.989. The molecular formula is C18H13ClFN3O. The first-order valence-electron chi connectivity index (χ1n) is 7.37. The van der Waals surface area contributed by atoms with E-state index in [-0.39, 0.29) is 5.82 Å². The average Bonchev–Trinajstić information content (AvgIpc) is 2.94. The smallest absolute Gasteiger partial charge is 0.150 e. The molecule has 0 bridgehead atoms. The van der Waals surface area contributed by atoms with Gasteiger partial charge in [-0.25, -0.2) is 4.39 Å². The zero-order chi connectivity index (χ0) is 16.7. The van der Waals surface area contributed by atoms with Gasteiger partial charge in [-0.2, -0.15) is 0 Å². The van der Waals surface area contributed by atoms with Crippen LogP contribution >= 0.6 is 11.6 Å². The minimum absolute atomic E-state index is 0.348. The summed E-state index contributed by atoms with van der Waals surface area (Å²) in [5.74, 6) is -0.348. The highest BCUT2D eigenvalue weighted by atomic mass is 35.5. The summed E-state index contributed by atoms with van der Waals surface area (Å²) >= 11 is 6.23. The summed E-state index contributed by atoms with van der Waals surface area (Å²) in [6.07, 6.45) is 2.47. The summed E-state index contributed by atoms with van der Waals surface area (Å²) in [7, 11) is 0. The summed E-state index contributed by atoms with van der Waals surface area (Å²) in [6.45, 7) is 0. The quantitative estimate of drug-likeness (QED) is 0.477. The molecule has 0 saturated heterocycles. The molecule has 0 radical (unpaired) electrons. The van der Waals surface area contributed by atoms with Gasteiger partial charge in [-0.05, 0) is 30.3 Å². The van der Waals surface area contributed by atoms with E-state index in [0.29, 0.717) is 16.3 Å². The summed E-state index contributed by atoms with van der Waals surface area (Å²) in [5.41, 5.74) is 2.92. The van der Waals surface area contributed by atoms with E-state index in [1.54, 1.807) is 18.5 Å². The SMILES string of the molecule is OC(Nc1cc(Cl)cc2c1[nH]c1cnccc12)c1ccc(F)cc1. The number of aromatic nitrogens is 2. The fourth-order valence-electron chi connectivity index (χ4n) is 2.81. The van der Waals surface area contributed by atoms with Crippen molar-refractivity contribution < 1.29 is 9.50 Å². The molecule has 0 aliphatic heterocycles. The zero-order valence-corrected chi connectivity index (χ0v) is 13.2. The van der Waals surface area contributed by atoms with Gasteiger partial charge in [0.2, 0.25) is 0 Å². The molecule has 1 unspecified atom stereocenters. The molecule has 4 nitrogen and oxygen atoms in total. The van der Waals surface area contributed by atoms with E-state index in [4.69, 9.17) is 11.6 Å². The van der Waals surface area contributed by atoms with Crippen LogP contribution in [0.25, 0.3) is 21.8 Å². The lowest BCUT2D eigenvalue weighted by molar-refractivity contribution is 0.208. The number of fused-ring (bicyclic) bond motifs is 3. The van der Waals surface area contributed by atoms with Crippen LogP contribution in [0.15, 0.2) is 54.9 Å². The van der Waals surface area contributed by atoms with Crippen LogP contribution in [0.2, 0.25) is 5.02 Å². The molecule has 0 amide bonds. The molecule has 0 aliphatic carbocycles. The lowest BCUT2D eigenvalue weighted by Gasteiger charge is -2.15. The topological polar surface area (TPSA) is 60.9 Å². The van der Waals surface area contributed by atoms with Crippen LogP contribution in [0, 0.1) is 5.82 Å². The second kappa shape index (κ2) is 5.78. The fraction of sp³-hybridized carbons (Fsp3) is 0.0556. The van der Waals surface area contributed by atoms with Crippen molar-refractivity contribution in [2.75, 3.05) is 5.32 Å². The first kappa shape index (κ1) is 14.9. The standard InChI is InChI=1S/C18H13ClFN3O/c19-11-7-14-13-5-6-21-9-16(13)22-17(14)15(8-11)23-18(24)10-1-3-12(20)4-2-10/h1-9,18,22-24H. The number of pyridine rings is 1. The van der Waals surface area contributed by atoms with Gasteiger partial charge in [-0.1, -0.05) is 23.7 Å². The maximum atomic E-state index is 13.0. The number of aliphatic hydroxyl groups is 1. The number of anilines is 1. The van der Waals surface area contributed by atoms with E-state index in [2.05, 4.69) is 15.3 Å². The third-order valence-electron chi connectivity index (χ3n) is 3.95. The van der Waals surface area contributed by atoms with Crippen molar-refractivity contribution in [3.63, 3.8) is 0 Å². The van der Waals surface area contributed by atoms with Crippen LogP contribution in [-0.2, 0) is 0 Å². The zero-order valence-electron chi connectivity index (χ0n) is 12.4. The fourth-order valence-corrected chi connectivity index (χ4v) is 3.03. The summed E-state index contributed by atoms with van der Waals surface area (Å²) in [5, 5.41) is 15.9. The Morgan fingerprint density at radius 1 is 1.12 bits per heavy atom. The van der Waals surface area contributed by atoms with Gasteiger partial charge in [0.05, 0.1) is 22.9 Å². The number of hydrogen-bond donors (Lipinski definition) is 3. The highest BCUT2D eigenvalue weighted by molar-refractivity contribution is 6.32. The van der Waals surface area contributed by atoms with Crippen molar-refractivity contribution in [2.45, 2.75) is 6.23 Å². The van der Waals surface area contributed by atoms with Crippen LogP contribution in [0.5, 0.6) is 0 Å². The molecule has 2 aromatic carbocycles. The molecule has 3 N–H and O–H groups in total. The lowest BCUT2D eigenvalue weighted by Crippen LogP contribution is -2.10. The molecule has 0 fully saturated rings. The first-order chi connectivity index (χ1) is 11.6. The summed E-state index contributed by atoms with van der Waals surface area (Å²) in [4.78, 5) is 7.39. The molecule has 2 aromatic heterocycles. The van der Waals surface area contributed by atoms with E-state index >= 15 is 0 Å². The molecule has 4 rings (SSSR count). The Morgan fingerprint density at radius 2 is 1.92 bits per heavy atom. The van der Waals surface area contributed by atoms with Crippen LogP contribution in [0.4, 0.5) is 10.1 Å². The Morgan fingerprint density at radius 3 is 2.71 bits per heavy atom. The van der Waals surface area contributed by atoms with Gasteiger partial charge in [-0.3, -0.25) is 4.98 Å². The number of rotatable bonds is 3. The molecule has 0 saturated carbocycles. The van der Waals surface area contributed by atoms with E-state index in [1.165, 1.54) is 24.3 Å². The number of benzene rings is 2. The monoisotopic (exact) mass is 341 g/mol. The van der Waals surface area contributed by atoms with Crippen LogP contribution in [0.1, 0.15) is 11.8 Å². The number of nitrogens with zero attached hydrogens (tertiary/aromatic N) is 1. The van der Waals surface area contributed by atoms with Gasteiger partial charge in [0.25, 0.3) is 0 Å². The summed E-state index contributed by atoms with van der Waals surface area (Å²) in [6, 6.07) is 11.2. The number of aliphatic hydroxyl groups excluding tert-OH is 1. The Kier molecular flexibility index (Phi) is 3.59. The Bertz CT molecular complexity index is 1030. The lowest BCUT2D eigenvalue weighted by atomic mass is 10.1. The maximum Gasteiger partial charge on any atom is 0.150 e. The van der Waals surface area contributed by atoms with Crippen molar-refractivity contribution >= 4 is 39.1 Å². The van der Waals surface area contributed by atoms with Gasteiger partial charge in [0, 0.05) is 27.6 Å². The number of hydrogen-bond acceptors (Lipinski definition) is 3. The van der Waals surface area contributed by atoms with Crippen molar-refractivity contribution in [1.82, 2.24) is 9.97 Å². The summed E-state index contributed by atoms with van der Waals surface area (Å²) < 4.78 is 13.0. The average molecular weight is 342 g/mol. The Hall–Kier alpha value is -2.63. The number of halogens is 2. The van der Waals surface area contributed by atoms with Crippen LogP contribution < -0.4 is 5.32 Å². The van der Waals surface area contributed by atoms with E-state index in [9.17, 15) is 9.50 Å². The van der Waals surface area contributed by atoms with Gasteiger partial charge in [0.15, 0.2) is 6.23 Å². The van der Waals surface area contributed by atoms with Crippen molar-refractivity contribution in [3.8, 4) is 0 Å². The first-order valence-corrected chi connectivity index (χ1v) is 7.74. The second-order valence-corrected chi connectivity index (χ2v) is 5.96. The maximum absolute atomic E-state index is 13.0. The molecule has 0 spiro atoms. The van der Waals surface area contributed by atoms with Gasteiger partial charge in [0.1, 0.15) is 5.82 Å². The molecular weight excluding hydrogens is 329 g/mol. The number of aromatic amines is 1. The van der Waals surface area contributed by atoms with Crippen LogP contribution in [-0.4, -0.2) is 15.1 Å². The highest BCUT2D eigenvalue weighted by Crippen LogP contribution is 2.34. The molecule has 1 atom stereocenters. The molecule has 2 heterocycles. The predicted molar refractivity (Wildman–Crippen MR) is 93.6 cm³/mol. The molecule has 4 aromatic rings. The Labute approximate surface area is 141 Å². The van der Waals surface area contributed by atoms with Gasteiger partial charge in [-0.15, -0.1) is 0 Å². The normalized spacial score (nSPS) is 12.6. The predicted octanol–water partition coefficient (Wildman–Crippen LogP) is 4.61. The Balaban J connectivity index is 1.79. The van der Waals surface area contributed by atoms with Gasteiger partial charge < -0.3 is 15.4 Å². The largest absolute Gasteiger partial charge is 0.369 e. The van der Waals surface area contributed by atoms with E-state index in [1.807, 2.05) is 12.1 Å². The van der Waals surface area contributed by atoms with E-state index in [0.717, 1.165) is 21.8 Å². The second-order valence-electron chi connectivity index (χ2n) is 5.52. The molecule has 0 aliphatic rings. The van der Waals surface area contributed by atoms with Crippen molar-refractivity contribution in [1.29, 1.82) is 0 Å². The van der Waals surface area contributed by atoms with E-state index < -0.39 is 6.23 Å². The van der Waals surface area contributed by atoms with Crippen LogP contribution in [0.3, 0.4) is 0 Å². The number of nitrogens with one attached hydrogen (secondary N) is 2. The molecule has 6 heteroatoms. The van der Waals surface area contributed by atoms with Crippen molar-refractivity contribution in [2.24, 2.45) is 0 Å². The third kappa shape index (κ3) is 2.58. The van der Waals surface area contributed by atoms with Crippen molar-refractivity contribution in [3.05, 3.63) is 71.3 Å². The number of H-pyrrole nitrogens is 1. The third-order valence-corrected chi connectivity index (χ3v) is 4.17. The molecule has 24 heavy (non-hydrogen) atoms. The minimum Gasteiger partial charge on any atom is -0.369 e.